The second-order valence-corrected chi connectivity index (χ2v) is 2.61. The van der Waals surface area contributed by atoms with E-state index in [4.69, 9.17) is 11.5 Å². The van der Waals surface area contributed by atoms with Gasteiger partial charge in [0.15, 0.2) is 17.5 Å². The number of rotatable bonds is 2. The van der Waals surface area contributed by atoms with Crippen molar-refractivity contribution in [3.05, 3.63) is 35.1 Å². The zero-order chi connectivity index (χ0) is 10.0. The van der Waals surface area contributed by atoms with Gasteiger partial charge in [0.1, 0.15) is 0 Å². The Bertz CT molecular complexity index is 320. The standard InChI is InChI=1S/C8H9F3N2.ClH/c9-5-2-1-4(6(13)3-12)7(10)8(5)11;/h1-2,6H,3,12-13H2;1H/t6-;/m0./s1. The molecule has 1 rings (SSSR count). The lowest BCUT2D eigenvalue weighted by molar-refractivity contribution is 0.436. The van der Waals surface area contributed by atoms with E-state index in [1.54, 1.807) is 0 Å². The smallest absolute Gasteiger partial charge is 0.194 e. The Labute approximate surface area is 85.5 Å². The minimum atomic E-state index is -1.51. The lowest BCUT2D eigenvalue weighted by atomic mass is 10.1. The van der Waals surface area contributed by atoms with Crippen LogP contribution in [0.5, 0.6) is 0 Å². The zero-order valence-electron chi connectivity index (χ0n) is 7.14. The van der Waals surface area contributed by atoms with Gasteiger partial charge in [0, 0.05) is 18.2 Å². The SMILES string of the molecule is Cl.NC[C@H](N)c1ccc(F)c(F)c1F. The first kappa shape index (κ1) is 13.2. The fraction of sp³-hybridized carbons (Fsp3) is 0.250. The molecule has 0 fully saturated rings. The third-order valence-electron chi connectivity index (χ3n) is 1.72. The molecule has 80 valence electrons. The van der Waals surface area contributed by atoms with Crippen LogP contribution >= 0.6 is 12.4 Å². The highest BCUT2D eigenvalue weighted by Gasteiger charge is 2.16. The Hall–Kier alpha value is -0.780. The number of halogens is 4. The first-order chi connectivity index (χ1) is 6.07. The largest absolute Gasteiger partial charge is 0.329 e. The van der Waals surface area contributed by atoms with Crippen LogP contribution in [0.25, 0.3) is 0 Å². The van der Waals surface area contributed by atoms with E-state index in [0.717, 1.165) is 12.1 Å². The average molecular weight is 227 g/mol. The number of hydrogen-bond donors (Lipinski definition) is 2. The summed E-state index contributed by atoms with van der Waals surface area (Å²) < 4.78 is 38.0. The lowest BCUT2D eigenvalue weighted by Crippen LogP contribution is -2.22. The van der Waals surface area contributed by atoms with Gasteiger partial charge in [-0.15, -0.1) is 12.4 Å². The first-order valence-corrected chi connectivity index (χ1v) is 3.67. The maximum atomic E-state index is 12.9. The normalized spacial score (nSPS) is 12.1. The van der Waals surface area contributed by atoms with Gasteiger partial charge in [-0.05, 0) is 6.07 Å². The Morgan fingerprint density at radius 1 is 1.14 bits per heavy atom. The van der Waals surface area contributed by atoms with Gasteiger partial charge in [-0.2, -0.15) is 0 Å². The molecule has 14 heavy (non-hydrogen) atoms. The first-order valence-electron chi connectivity index (χ1n) is 3.67. The van der Waals surface area contributed by atoms with Crippen LogP contribution in [0.2, 0.25) is 0 Å². The summed E-state index contributed by atoms with van der Waals surface area (Å²) in [4.78, 5) is 0. The van der Waals surface area contributed by atoms with Crippen LogP contribution in [0.15, 0.2) is 12.1 Å². The summed E-state index contributed by atoms with van der Waals surface area (Å²) in [5.41, 5.74) is 10.4. The van der Waals surface area contributed by atoms with Crippen molar-refractivity contribution in [2.24, 2.45) is 11.5 Å². The zero-order valence-corrected chi connectivity index (χ0v) is 7.95. The van der Waals surface area contributed by atoms with Gasteiger partial charge in [-0.25, -0.2) is 13.2 Å². The molecule has 1 aromatic carbocycles. The van der Waals surface area contributed by atoms with E-state index >= 15 is 0 Å². The molecule has 0 unspecified atom stereocenters. The highest BCUT2D eigenvalue weighted by molar-refractivity contribution is 5.85. The molecule has 0 aromatic heterocycles. The molecule has 0 amide bonds. The molecule has 0 radical (unpaired) electrons. The van der Waals surface area contributed by atoms with Crippen LogP contribution in [0.4, 0.5) is 13.2 Å². The van der Waals surface area contributed by atoms with E-state index in [1.807, 2.05) is 0 Å². The third kappa shape index (κ3) is 2.37. The molecule has 0 saturated heterocycles. The lowest BCUT2D eigenvalue weighted by Gasteiger charge is -2.10. The van der Waals surface area contributed by atoms with Crippen molar-refractivity contribution in [3.8, 4) is 0 Å². The van der Waals surface area contributed by atoms with E-state index in [9.17, 15) is 13.2 Å². The van der Waals surface area contributed by atoms with E-state index in [1.165, 1.54) is 0 Å². The molecule has 0 spiro atoms. The summed E-state index contributed by atoms with van der Waals surface area (Å²) in [5, 5.41) is 0. The Morgan fingerprint density at radius 3 is 2.21 bits per heavy atom. The van der Waals surface area contributed by atoms with Gasteiger partial charge in [0.2, 0.25) is 0 Å². The Kier molecular flexibility index (Phi) is 4.90. The molecule has 0 saturated carbocycles. The number of benzene rings is 1. The summed E-state index contributed by atoms with van der Waals surface area (Å²) in [5.74, 6) is -4.01. The minimum absolute atomic E-state index is 0. The maximum absolute atomic E-state index is 12.9. The summed E-state index contributed by atoms with van der Waals surface area (Å²) in [6.07, 6.45) is 0. The highest BCUT2D eigenvalue weighted by atomic mass is 35.5. The summed E-state index contributed by atoms with van der Waals surface area (Å²) >= 11 is 0. The molecule has 2 nitrogen and oxygen atoms in total. The molecule has 0 aliphatic carbocycles. The van der Waals surface area contributed by atoms with Crippen molar-refractivity contribution in [2.75, 3.05) is 6.54 Å². The van der Waals surface area contributed by atoms with E-state index in [0.29, 0.717) is 0 Å². The van der Waals surface area contributed by atoms with Crippen LogP contribution in [-0.2, 0) is 0 Å². The molecule has 1 aromatic rings. The van der Waals surface area contributed by atoms with Crippen molar-refractivity contribution in [3.63, 3.8) is 0 Å². The molecule has 0 bridgehead atoms. The quantitative estimate of drug-likeness (QED) is 0.751. The van der Waals surface area contributed by atoms with Crippen molar-refractivity contribution in [1.82, 2.24) is 0 Å². The van der Waals surface area contributed by atoms with E-state index in [-0.39, 0.29) is 24.5 Å². The third-order valence-corrected chi connectivity index (χ3v) is 1.72. The van der Waals surface area contributed by atoms with Gasteiger partial charge in [-0.3, -0.25) is 0 Å². The number of hydrogen-bond acceptors (Lipinski definition) is 2. The number of nitrogens with two attached hydrogens (primary N) is 2. The summed E-state index contributed by atoms with van der Waals surface area (Å²) in [7, 11) is 0. The topological polar surface area (TPSA) is 52.0 Å². The molecular weight excluding hydrogens is 217 g/mol. The predicted molar refractivity (Wildman–Crippen MR) is 49.5 cm³/mol. The van der Waals surface area contributed by atoms with E-state index in [2.05, 4.69) is 0 Å². The molecule has 4 N–H and O–H groups in total. The van der Waals surface area contributed by atoms with Crippen LogP contribution in [0.3, 0.4) is 0 Å². The summed E-state index contributed by atoms with van der Waals surface area (Å²) in [6.45, 7) is -0.0258. The minimum Gasteiger partial charge on any atom is -0.329 e. The highest BCUT2D eigenvalue weighted by Crippen LogP contribution is 2.19. The van der Waals surface area contributed by atoms with Crippen molar-refractivity contribution in [1.29, 1.82) is 0 Å². The molecular formula is C8H10ClF3N2. The van der Waals surface area contributed by atoms with Gasteiger partial charge < -0.3 is 11.5 Å². The monoisotopic (exact) mass is 226 g/mol. The van der Waals surface area contributed by atoms with Crippen molar-refractivity contribution >= 4 is 12.4 Å². The fourth-order valence-electron chi connectivity index (χ4n) is 0.954. The predicted octanol–water partition coefficient (Wildman–Crippen LogP) is 1.48. The second kappa shape index (κ2) is 5.19. The van der Waals surface area contributed by atoms with Crippen molar-refractivity contribution < 1.29 is 13.2 Å². The van der Waals surface area contributed by atoms with E-state index < -0.39 is 23.5 Å². The fourth-order valence-corrected chi connectivity index (χ4v) is 0.954. The Balaban J connectivity index is 0.00000169. The maximum Gasteiger partial charge on any atom is 0.194 e. The molecule has 0 aliphatic heterocycles. The van der Waals surface area contributed by atoms with Crippen LogP contribution in [0.1, 0.15) is 11.6 Å². The van der Waals surface area contributed by atoms with Gasteiger partial charge >= 0.3 is 0 Å². The molecule has 6 heteroatoms. The average Bonchev–Trinajstić information content (AvgIpc) is 2.13. The summed E-state index contributed by atoms with van der Waals surface area (Å²) in [6, 6.07) is 1.10. The van der Waals surface area contributed by atoms with Crippen LogP contribution in [0, 0.1) is 17.5 Å². The van der Waals surface area contributed by atoms with Crippen molar-refractivity contribution in [2.45, 2.75) is 6.04 Å². The van der Waals surface area contributed by atoms with Gasteiger partial charge in [0.25, 0.3) is 0 Å². The Morgan fingerprint density at radius 2 is 1.71 bits per heavy atom. The van der Waals surface area contributed by atoms with Crippen LogP contribution in [-0.4, -0.2) is 6.54 Å². The molecule has 0 heterocycles. The molecule has 0 aliphatic rings. The molecule has 1 atom stereocenters. The van der Waals surface area contributed by atoms with Gasteiger partial charge in [-0.1, -0.05) is 6.07 Å². The van der Waals surface area contributed by atoms with Gasteiger partial charge in [0.05, 0.1) is 0 Å². The van der Waals surface area contributed by atoms with Crippen LogP contribution < -0.4 is 11.5 Å². The second-order valence-electron chi connectivity index (χ2n) is 2.61.